The Morgan fingerprint density at radius 2 is 2.16 bits per heavy atom. The number of nitrogens with two attached hydrogens (primary N) is 2. The normalized spacial score (nSPS) is 20.0. The number of anilines is 2. The van der Waals surface area contributed by atoms with Crippen molar-refractivity contribution in [3.63, 3.8) is 0 Å². The number of hydrogen-bond donors (Lipinski definition) is 2. The second-order valence-corrected chi connectivity index (χ2v) is 6.68. The summed E-state index contributed by atoms with van der Waals surface area (Å²) < 4.78 is 22.6. The van der Waals surface area contributed by atoms with Crippen molar-refractivity contribution in [2.45, 2.75) is 16.8 Å². The third kappa shape index (κ3) is 2.96. The van der Waals surface area contributed by atoms with Crippen LogP contribution < -0.4 is 15.8 Å². The van der Waals surface area contributed by atoms with Crippen LogP contribution >= 0.6 is 11.8 Å². The van der Waals surface area contributed by atoms with Gasteiger partial charge >= 0.3 is 0 Å². The lowest BCUT2D eigenvalue weighted by Gasteiger charge is -2.15. The minimum absolute atomic E-state index is 0.0120. The number of carbonyl (C=O) groups excluding carboxylic acids is 1. The van der Waals surface area contributed by atoms with Crippen LogP contribution in [0.3, 0.4) is 0 Å². The number of nitrogen functional groups attached to an aromatic ring is 1. The van der Waals surface area contributed by atoms with Crippen molar-refractivity contribution in [1.82, 2.24) is 9.97 Å². The van der Waals surface area contributed by atoms with Crippen LogP contribution in [0.4, 0.5) is 11.6 Å². The molecule has 1 unspecified atom stereocenters. The SMILES string of the molecule is CSc1nc(N)cc(N2CC(S(N)(=O)=O)CC2=O)n1. The quantitative estimate of drug-likeness (QED) is 0.550. The summed E-state index contributed by atoms with van der Waals surface area (Å²) in [6.45, 7) is -0.0120. The van der Waals surface area contributed by atoms with Gasteiger partial charge in [-0.15, -0.1) is 0 Å². The summed E-state index contributed by atoms with van der Waals surface area (Å²) in [6, 6.07) is 1.43. The van der Waals surface area contributed by atoms with Crippen LogP contribution in [-0.2, 0) is 14.8 Å². The van der Waals surface area contributed by atoms with Crippen molar-refractivity contribution in [3.8, 4) is 0 Å². The molecular formula is C9H13N5O3S2. The largest absolute Gasteiger partial charge is 0.383 e. The fourth-order valence-corrected chi connectivity index (χ4v) is 2.89. The zero-order chi connectivity index (χ0) is 14.2. The van der Waals surface area contributed by atoms with Crippen molar-refractivity contribution < 1.29 is 13.2 Å². The number of nitrogens with zero attached hydrogens (tertiary/aromatic N) is 3. The summed E-state index contributed by atoms with van der Waals surface area (Å²) in [7, 11) is -3.74. The monoisotopic (exact) mass is 303 g/mol. The van der Waals surface area contributed by atoms with Gasteiger partial charge in [-0.05, 0) is 6.26 Å². The molecule has 0 aromatic carbocycles. The highest BCUT2D eigenvalue weighted by Gasteiger charge is 2.37. The van der Waals surface area contributed by atoms with E-state index >= 15 is 0 Å². The van der Waals surface area contributed by atoms with Gasteiger partial charge in [-0.25, -0.2) is 23.5 Å². The van der Waals surface area contributed by atoms with E-state index in [2.05, 4.69) is 9.97 Å². The molecule has 1 aromatic rings. The van der Waals surface area contributed by atoms with E-state index in [9.17, 15) is 13.2 Å². The molecule has 1 aliphatic rings. The Bertz CT molecular complexity index is 618. The van der Waals surface area contributed by atoms with E-state index in [0.29, 0.717) is 11.0 Å². The molecule has 2 heterocycles. The predicted octanol–water partition coefficient (Wildman–Crippen LogP) is -0.825. The molecule has 2 rings (SSSR count). The highest BCUT2D eigenvalue weighted by atomic mass is 32.2. The average Bonchev–Trinajstić information content (AvgIpc) is 2.70. The lowest BCUT2D eigenvalue weighted by molar-refractivity contribution is -0.117. The van der Waals surface area contributed by atoms with Crippen LogP contribution in [0, 0.1) is 0 Å². The summed E-state index contributed by atoms with van der Waals surface area (Å²) >= 11 is 1.28. The van der Waals surface area contributed by atoms with Gasteiger partial charge < -0.3 is 5.73 Å². The van der Waals surface area contributed by atoms with E-state index in [4.69, 9.17) is 10.9 Å². The molecule has 1 aromatic heterocycles. The van der Waals surface area contributed by atoms with Gasteiger partial charge in [0.1, 0.15) is 16.9 Å². The maximum absolute atomic E-state index is 11.8. The molecule has 1 atom stereocenters. The second kappa shape index (κ2) is 4.94. The lowest BCUT2D eigenvalue weighted by atomic mass is 10.4. The molecule has 4 N–H and O–H groups in total. The molecule has 1 fully saturated rings. The zero-order valence-corrected chi connectivity index (χ0v) is 11.7. The van der Waals surface area contributed by atoms with Gasteiger partial charge in [0.15, 0.2) is 5.16 Å². The molecule has 0 aliphatic carbocycles. The fourth-order valence-electron chi connectivity index (χ4n) is 1.78. The van der Waals surface area contributed by atoms with E-state index < -0.39 is 15.3 Å². The van der Waals surface area contributed by atoms with Gasteiger partial charge in [0, 0.05) is 19.0 Å². The van der Waals surface area contributed by atoms with Gasteiger partial charge in [0.2, 0.25) is 15.9 Å². The third-order valence-corrected chi connectivity index (χ3v) is 4.52. The Labute approximate surface area is 114 Å². The molecule has 0 saturated carbocycles. The van der Waals surface area contributed by atoms with Crippen molar-refractivity contribution in [1.29, 1.82) is 0 Å². The number of primary sulfonamides is 1. The molecular weight excluding hydrogens is 290 g/mol. The molecule has 0 radical (unpaired) electrons. The standard InChI is InChI=1S/C9H13N5O3S2/c1-18-9-12-6(10)3-7(13-9)14-4-5(2-8(14)15)19(11,16)17/h3,5H,2,4H2,1H3,(H2,10,12,13)(H2,11,16,17). The van der Waals surface area contributed by atoms with E-state index in [1.165, 1.54) is 22.7 Å². The first-order chi connectivity index (χ1) is 8.81. The maximum atomic E-state index is 11.8. The Morgan fingerprint density at radius 1 is 1.47 bits per heavy atom. The van der Waals surface area contributed by atoms with Gasteiger partial charge in [0.05, 0.1) is 0 Å². The number of rotatable bonds is 3. The molecule has 19 heavy (non-hydrogen) atoms. The maximum Gasteiger partial charge on any atom is 0.229 e. The summed E-state index contributed by atoms with van der Waals surface area (Å²) in [5.74, 6) is 0.179. The number of amides is 1. The second-order valence-electron chi connectivity index (χ2n) is 4.06. The Balaban J connectivity index is 2.33. The van der Waals surface area contributed by atoms with Crippen molar-refractivity contribution in [2.75, 3.05) is 23.4 Å². The van der Waals surface area contributed by atoms with Crippen LogP contribution in [0.2, 0.25) is 0 Å². The van der Waals surface area contributed by atoms with Gasteiger partial charge in [0.25, 0.3) is 0 Å². The number of carbonyl (C=O) groups is 1. The number of sulfonamides is 1. The highest BCUT2D eigenvalue weighted by Crippen LogP contribution is 2.25. The van der Waals surface area contributed by atoms with E-state index in [-0.39, 0.29) is 24.7 Å². The van der Waals surface area contributed by atoms with Gasteiger partial charge in [-0.3, -0.25) is 9.69 Å². The minimum atomic E-state index is -3.74. The van der Waals surface area contributed by atoms with Crippen molar-refractivity contribution in [3.05, 3.63) is 6.07 Å². The zero-order valence-electron chi connectivity index (χ0n) is 10.1. The van der Waals surface area contributed by atoms with Crippen LogP contribution in [0.25, 0.3) is 0 Å². The first-order valence-electron chi connectivity index (χ1n) is 5.32. The summed E-state index contributed by atoms with van der Waals surface area (Å²) in [6.07, 6.45) is 1.63. The Morgan fingerprint density at radius 3 is 2.68 bits per heavy atom. The van der Waals surface area contributed by atoms with Gasteiger partial charge in [-0.1, -0.05) is 11.8 Å². The number of thioether (sulfide) groups is 1. The number of aromatic nitrogens is 2. The fraction of sp³-hybridized carbons (Fsp3) is 0.444. The van der Waals surface area contributed by atoms with Crippen molar-refractivity contribution in [2.24, 2.45) is 5.14 Å². The summed E-state index contributed by atoms with van der Waals surface area (Å²) in [5.41, 5.74) is 5.62. The predicted molar refractivity (Wildman–Crippen MR) is 72.1 cm³/mol. The van der Waals surface area contributed by atoms with Gasteiger partial charge in [-0.2, -0.15) is 0 Å². The Hall–Kier alpha value is -1.39. The van der Waals surface area contributed by atoms with Crippen LogP contribution in [0.15, 0.2) is 11.2 Å². The van der Waals surface area contributed by atoms with E-state index in [1.807, 2.05) is 0 Å². The third-order valence-electron chi connectivity index (χ3n) is 2.73. The molecule has 1 aliphatic heterocycles. The summed E-state index contributed by atoms with van der Waals surface area (Å²) in [4.78, 5) is 21.2. The minimum Gasteiger partial charge on any atom is -0.383 e. The smallest absolute Gasteiger partial charge is 0.229 e. The first kappa shape index (κ1) is 14.0. The van der Waals surface area contributed by atoms with Crippen molar-refractivity contribution >= 4 is 39.3 Å². The molecule has 1 saturated heterocycles. The molecule has 1 amide bonds. The first-order valence-corrected chi connectivity index (χ1v) is 8.15. The van der Waals surface area contributed by atoms with E-state index in [0.717, 1.165) is 0 Å². The number of hydrogen-bond acceptors (Lipinski definition) is 7. The van der Waals surface area contributed by atoms with Crippen LogP contribution in [-0.4, -0.2) is 42.3 Å². The molecule has 0 spiro atoms. The highest BCUT2D eigenvalue weighted by molar-refractivity contribution is 7.98. The summed E-state index contributed by atoms with van der Waals surface area (Å²) in [5, 5.41) is 4.57. The molecule has 10 heteroatoms. The Kier molecular flexibility index (Phi) is 3.65. The lowest BCUT2D eigenvalue weighted by Crippen LogP contribution is -2.32. The topological polar surface area (TPSA) is 132 Å². The van der Waals surface area contributed by atoms with Crippen LogP contribution in [0.1, 0.15) is 6.42 Å². The molecule has 104 valence electrons. The van der Waals surface area contributed by atoms with E-state index in [1.54, 1.807) is 6.26 Å². The van der Waals surface area contributed by atoms with Crippen LogP contribution in [0.5, 0.6) is 0 Å². The molecule has 8 nitrogen and oxygen atoms in total. The average molecular weight is 303 g/mol. The molecule has 0 bridgehead atoms.